The fraction of sp³-hybridized carbons (Fsp3) is 0.100. The van der Waals surface area contributed by atoms with E-state index in [1.54, 1.807) is 0 Å². The van der Waals surface area contributed by atoms with Crippen molar-refractivity contribution in [2.45, 2.75) is 10.2 Å². The lowest BCUT2D eigenvalue weighted by Gasteiger charge is -2.06. The second kappa shape index (κ2) is 5.06. The Balaban J connectivity index is 2.48. The summed E-state index contributed by atoms with van der Waals surface area (Å²) in [6, 6.07) is 2.88. The minimum Gasteiger partial charge on any atom is -0.478 e. The van der Waals surface area contributed by atoms with E-state index < -0.39 is 17.1 Å². The number of aromatic nitrogens is 4. The molecule has 0 fully saturated rings. The van der Waals surface area contributed by atoms with Gasteiger partial charge in [-0.15, -0.1) is 0 Å². The third kappa shape index (κ3) is 2.71. The molecule has 0 saturated carbocycles. The Morgan fingerprint density at radius 3 is 2.89 bits per heavy atom. The first-order chi connectivity index (χ1) is 8.99. The summed E-state index contributed by atoms with van der Waals surface area (Å²) in [6.45, 7) is 0. The van der Waals surface area contributed by atoms with Crippen molar-refractivity contribution >= 4 is 17.7 Å². The topological polar surface area (TPSA) is 118 Å². The maximum atomic E-state index is 11.2. The van der Waals surface area contributed by atoms with Crippen LogP contribution in [0.15, 0.2) is 38.1 Å². The average molecular weight is 280 g/mol. The number of H-pyrrole nitrogens is 1. The fourth-order valence-corrected chi connectivity index (χ4v) is 2.14. The highest BCUT2D eigenvalue weighted by molar-refractivity contribution is 7.99. The molecule has 2 aromatic heterocycles. The number of aromatic carboxylic acids is 1. The lowest BCUT2D eigenvalue weighted by Crippen LogP contribution is -2.33. The lowest BCUT2D eigenvalue weighted by atomic mass is 10.3. The van der Waals surface area contributed by atoms with Crippen LogP contribution in [0.5, 0.6) is 0 Å². The van der Waals surface area contributed by atoms with Gasteiger partial charge in [-0.05, 0) is 23.9 Å². The van der Waals surface area contributed by atoms with Crippen molar-refractivity contribution in [2.75, 3.05) is 0 Å². The molecule has 0 bridgehead atoms. The van der Waals surface area contributed by atoms with Gasteiger partial charge >= 0.3 is 17.1 Å². The van der Waals surface area contributed by atoms with Crippen LogP contribution in [-0.2, 0) is 7.05 Å². The summed E-state index contributed by atoms with van der Waals surface area (Å²) in [5.41, 5.74) is -1.78. The Morgan fingerprint density at radius 1 is 1.47 bits per heavy atom. The standard InChI is InChI=1S/C10H8N4O4S/c1-14-10(12-6(15)7(16)13-14)19-8-5(9(17)18)3-2-4-11-8/h2-4H,1H3,(H,13,16)(H,17,18). The highest BCUT2D eigenvalue weighted by Crippen LogP contribution is 2.25. The predicted octanol–water partition coefficient (Wildman–Crippen LogP) is -0.287. The van der Waals surface area contributed by atoms with E-state index in [4.69, 9.17) is 5.11 Å². The molecule has 8 nitrogen and oxygen atoms in total. The van der Waals surface area contributed by atoms with Gasteiger partial charge in [-0.25, -0.2) is 9.78 Å². The van der Waals surface area contributed by atoms with Gasteiger partial charge in [-0.2, -0.15) is 4.98 Å². The number of rotatable bonds is 3. The van der Waals surface area contributed by atoms with Crippen molar-refractivity contribution in [3.05, 3.63) is 44.6 Å². The maximum Gasteiger partial charge on any atom is 0.339 e. The summed E-state index contributed by atoms with van der Waals surface area (Å²) < 4.78 is 1.23. The van der Waals surface area contributed by atoms with E-state index >= 15 is 0 Å². The van der Waals surface area contributed by atoms with Crippen molar-refractivity contribution in [1.82, 2.24) is 19.7 Å². The molecule has 98 valence electrons. The van der Waals surface area contributed by atoms with Gasteiger partial charge in [0.2, 0.25) is 0 Å². The summed E-state index contributed by atoms with van der Waals surface area (Å²) in [6.07, 6.45) is 1.43. The second-order valence-corrected chi connectivity index (χ2v) is 4.42. The minimum absolute atomic E-state index is 0.00653. The van der Waals surface area contributed by atoms with E-state index in [1.807, 2.05) is 0 Å². The van der Waals surface area contributed by atoms with Gasteiger partial charge in [0.25, 0.3) is 0 Å². The average Bonchev–Trinajstić information content (AvgIpc) is 2.36. The number of nitrogens with zero attached hydrogens (tertiary/aromatic N) is 3. The number of nitrogens with one attached hydrogen (secondary N) is 1. The number of carboxylic acid groups (broad SMARTS) is 1. The molecule has 0 atom stereocenters. The third-order valence-corrected chi connectivity index (χ3v) is 3.20. The van der Waals surface area contributed by atoms with E-state index in [1.165, 1.54) is 30.1 Å². The quantitative estimate of drug-likeness (QED) is 0.742. The first kappa shape index (κ1) is 13.0. The minimum atomic E-state index is -1.13. The molecule has 0 aliphatic rings. The molecule has 2 rings (SSSR count). The molecule has 2 N–H and O–H groups in total. The van der Waals surface area contributed by atoms with Crippen LogP contribution in [0, 0.1) is 0 Å². The number of aryl methyl sites for hydroxylation is 1. The fourth-order valence-electron chi connectivity index (χ4n) is 1.27. The highest BCUT2D eigenvalue weighted by atomic mass is 32.2. The van der Waals surface area contributed by atoms with Crippen LogP contribution in [0.4, 0.5) is 0 Å². The normalized spacial score (nSPS) is 10.4. The van der Waals surface area contributed by atoms with Crippen molar-refractivity contribution in [2.24, 2.45) is 7.05 Å². The Bertz CT molecular complexity index is 752. The Labute approximate surface area is 110 Å². The van der Waals surface area contributed by atoms with Gasteiger partial charge in [-0.1, -0.05) is 0 Å². The van der Waals surface area contributed by atoms with Gasteiger partial charge in [0.15, 0.2) is 5.16 Å². The smallest absolute Gasteiger partial charge is 0.339 e. The molecule has 2 heterocycles. The molecule has 2 aromatic rings. The SMILES string of the molecule is Cn1[nH]c(=O)c(=O)nc1Sc1ncccc1C(=O)O. The molecule has 0 aromatic carbocycles. The van der Waals surface area contributed by atoms with Crippen LogP contribution in [0.3, 0.4) is 0 Å². The molecule has 19 heavy (non-hydrogen) atoms. The molecular weight excluding hydrogens is 272 g/mol. The van der Waals surface area contributed by atoms with Crippen LogP contribution in [0.25, 0.3) is 0 Å². The zero-order chi connectivity index (χ0) is 14.0. The van der Waals surface area contributed by atoms with E-state index in [9.17, 15) is 14.4 Å². The summed E-state index contributed by atoms with van der Waals surface area (Å²) in [5, 5.41) is 11.6. The molecule has 0 amide bonds. The molecule has 0 saturated heterocycles. The van der Waals surface area contributed by atoms with E-state index in [0.717, 1.165) is 11.8 Å². The molecular formula is C10H8N4O4S. The monoisotopic (exact) mass is 280 g/mol. The van der Waals surface area contributed by atoms with Gasteiger partial charge in [0.05, 0.1) is 5.56 Å². The summed E-state index contributed by atoms with van der Waals surface area (Å²) in [4.78, 5) is 40.7. The maximum absolute atomic E-state index is 11.2. The molecule has 0 spiro atoms. The van der Waals surface area contributed by atoms with E-state index in [2.05, 4.69) is 15.1 Å². The van der Waals surface area contributed by atoms with Crippen LogP contribution in [0.1, 0.15) is 10.4 Å². The third-order valence-electron chi connectivity index (χ3n) is 2.14. The van der Waals surface area contributed by atoms with Gasteiger partial charge in [0.1, 0.15) is 5.03 Å². The number of hydrogen-bond donors (Lipinski definition) is 2. The molecule has 0 aliphatic heterocycles. The number of carbonyl (C=O) groups is 1. The Morgan fingerprint density at radius 2 is 2.21 bits per heavy atom. The van der Waals surface area contributed by atoms with Gasteiger partial charge < -0.3 is 5.11 Å². The number of pyridine rings is 1. The lowest BCUT2D eigenvalue weighted by molar-refractivity contribution is 0.0692. The first-order valence-corrected chi connectivity index (χ1v) is 5.84. The van der Waals surface area contributed by atoms with Crippen LogP contribution < -0.4 is 11.1 Å². The Hall–Kier alpha value is -2.42. The number of aromatic amines is 1. The van der Waals surface area contributed by atoms with E-state index in [-0.39, 0.29) is 15.7 Å². The van der Waals surface area contributed by atoms with Crippen molar-refractivity contribution in [3.8, 4) is 0 Å². The Kier molecular flexibility index (Phi) is 3.47. The van der Waals surface area contributed by atoms with Crippen molar-refractivity contribution < 1.29 is 9.90 Å². The summed E-state index contributed by atoms with van der Waals surface area (Å²) in [7, 11) is 1.49. The molecule has 0 unspecified atom stereocenters. The van der Waals surface area contributed by atoms with Crippen LogP contribution in [-0.4, -0.2) is 30.8 Å². The molecule has 0 aliphatic carbocycles. The van der Waals surface area contributed by atoms with Gasteiger partial charge in [0, 0.05) is 13.2 Å². The zero-order valence-electron chi connectivity index (χ0n) is 9.65. The van der Waals surface area contributed by atoms with Crippen LogP contribution >= 0.6 is 11.8 Å². The van der Waals surface area contributed by atoms with Gasteiger partial charge in [-0.3, -0.25) is 19.4 Å². The van der Waals surface area contributed by atoms with E-state index in [0.29, 0.717) is 0 Å². The summed E-state index contributed by atoms with van der Waals surface area (Å²) in [5.74, 6) is -1.13. The predicted molar refractivity (Wildman–Crippen MR) is 65.4 cm³/mol. The highest BCUT2D eigenvalue weighted by Gasteiger charge is 2.14. The molecule has 9 heteroatoms. The van der Waals surface area contributed by atoms with Crippen LogP contribution in [0.2, 0.25) is 0 Å². The first-order valence-electron chi connectivity index (χ1n) is 5.02. The largest absolute Gasteiger partial charge is 0.478 e. The molecule has 0 radical (unpaired) electrons. The number of carboxylic acids is 1. The summed E-state index contributed by atoms with van der Waals surface area (Å²) >= 11 is 0.882. The zero-order valence-corrected chi connectivity index (χ0v) is 10.5. The second-order valence-electron chi connectivity index (χ2n) is 3.46. The van der Waals surface area contributed by atoms with Crippen molar-refractivity contribution in [1.29, 1.82) is 0 Å². The number of hydrogen-bond acceptors (Lipinski definition) is 6. The van der Waals surface area contributed by atoms with Crippen molar-refractivity contribution in [3.63, 3.8) is 0 Å².